The average Bonchev–Trinajstić information content (AvgIpc) is 2.54. The molecule has 0 spiro atoms. The Kier molecular flexibility index (Phi) is 5.08. The molecule has 0 radical (unpaired) electrons. The minimum Gasteiger partial charge on any atom is -0.488 e. The van der Waals surface area contributed by atoms with E-state index >= 15 is 0 Å². The molecule has 22 heavy (non-hydrogen) atoms. The van der Waals surface area contributed by atoms with E-state index in [1.165, 1.54) is 7.11 Å². The van der Waals surface area contributed by atoms with Gasteiger partial charge in [0.1, 0.15) is 6.61 Å². The Morgan fingerprint density at radius 1 is 1.23 bits per heavy atom. The molecule has 6 nitrogen and oxygen atoms in total. The van der Waals surface area contributed by atoms with Crippen LogP contribution in [0.3, 0.4) is 0 Å². The van der Waals surface area contributed by atoms with Gasteiger partial charge in [-0.25, -0.2) is 0 Å². The van der Waals surface area contributed by atoms with Crippen LogP contribution < -0.4 is 9.47 Å². The Labute approximate surface area is 128 Å². The lowest BCUT2D eigenvalue weighted by molar-refractivity contribution is -0.386. The molecule has 6 heteroatoms. The molecule has 0 saturated heterocycles. The number of ether oxygens (including phenoxy) is 2. The Balaban J connectivity index is 2.33. The molecule has 0 aliphatic heterocycles. The summed E-state index contributed by atoms with van der Waals surface area (Å²) in [5, 5.41) is 11.3. The molecule has 0 fully saturated rings. The van der Waals surface area contributed by atoms with Crippen molar-refractivity contribution in [2.45, 2.75) is 13.2 Å². The number of hydrogen-bond acceptors (Lipinski definition) is 5. The molecule has 0 aliphatic rings. The summed E-state index contributed by atoms with van der Waals surface area (Å²) in [5.74, 6) is 0.424. The van der Waals surface area contributed by atoms with Crippen molar-refractivity contribution in [3.63, 3.8) is 0 Å². The first kappa shape index (κ1) is 15.5. The fourth-order valence-corrected chi connectivity index (χ4v) is 2.09. The zero-order valence-electron chi connectivity index (χ0n) is 12.2. The number of aliphatic imine (C=N–C) groups is 1. The molecule has 0 aromatic heterocycles. The molecule has 0 amide bonds. The van der Waals surface area contributed by atoms with E-state index < -0.39 is 4.92 Å². The fraction of sp³-hybridized carbons (Fsp3) is 0.188. The van der Waals surface area contributed by atoms with E-state index in [4.69, 9.17) is 9.47 Å². The van der Waals surface area contributed by atoms with Gasteiger partial charge in [0.05, 0.1) is 24.1 Å². The molecule has 2 rings (SSSR count). The van der Waals surface area contributed by atoms with E-state index in [-0.39, 0.29) is 18.0 Å². The Hall–Kier alpha value is -2.89. The van der Waals surface area contributed by atoms with Crippen molar-refractivity contribution in [3.8, 4) is 11.5 Å². The molecule has 0 saturated carbocycles. The van der Waals surface area contributed by atoms with Crippen LogP contribution in [0, 0.1) is 10.1 Å². The van der Waals surface area contributed by atoms with Crippen LogP contribution in [0.2, 0.25) is 0 Å². The van der Waals surface area contributed by atoms with Gasteiger partial charge >= 0.3 is 5.69 Å². The van der Waals surface area contributed by atoms with Crippen molar-refractivity contribution in [2.24, 2.45) is 4.99 Å². The lowest BCUT2D eigenvalue weighted by atomic mass is 10.1. The quantitative estimate of drug-likeness (QED) is 0.446. The predicted molar refractivity (Wildman–Crippen MR) is 83.7 cm³/mol. The summed E-state index contributed by atoms with van der Waals surface area (Å²) in [7, 11) is 1.38. The molecular weight excluding hydrogens is 284 g/mol. The van der Waals surface area contributed by atoms with Gasteiger partial charge in [0, 0.05) is 0 Å². The second-order valence-electron chi connectivity index (χ2n) is 4.52. The minimum absolute atomic E-state index is 0.0991. The standard InChI is InChI=1S/C16H16N2O4/c1-17-10-13-8-9-14(16(21-2)15(13)18(19)20)22-11-12-6-4-3-5-7-12/h3-9H,1,10-11H2,2H3. The van der Waals surface area contributed by atoms with Gasteiger partial charge < -0.3 is 9.47 Å². The van der Waals surface area contributed by atoms with Gasteiger partial charge in [-0.1, -0.05) is 30.3 Å². The first-order chi connectivity index (χ1) is 10.7. The fourth-order valence-electron chi connectivity index (χ4n) is 2.09. The normalized spacial score (nSPS) is 10.0. The Morgan fingerprint density at radius 2 is 1.95 bits per heavy atom. The van der Waals surface area contributed by atoms with E-state index in [2.05, 4.69) is 11.7 Å². The largest absolute Gasteiger partial charge is 0.488 e. The number of rotatable bonds is 7. The van der Waals surface area contributed by atoms with Crippen LogP contribution in [-0.4, -0.2) is 18.8 Å². The topological polar surface area (TPSA) is 74.0 Å². The molecule has 0 N–H and O–H groups in total. The third-order valence-electron chi connectivity index (χ3n) is 3.08. The van der Waals surface area contributed by atoms with Crippen molar-refractivity contribution >= 4 is 12.4 Å². The zero-order valence-corrected chi connectivity index (χ0v) is 12.2. The number of benzene rings is 2. The van der Waals surface area contributed by atoms with Gasteiger partial charge in [0.15, 0.2) is 5.75 Å². The summed E-state index contributed by atoms with van der Waals surface area (Å²) in [4.78, 5) is 14.5. The van der Waals surface area contributed by atoms with Gasteiger partial charge in [0.2, 0.25) is 5.75 Å². The number of methoxy groups -OCH3 is 1. The number of nitrogens with zero attached hydrogens (tertiary/aromatic N) is 2. The first-order valence-corrected chi connectivity index (χ1v) is 6.60. The Morgan fingerprint density at radius 3 is 2.55 bits per heavy atom. The van der Waals surface area contributed by atoms with Crippen molar-refractivity contribution < 1.29 is 14.4 Å². The molecule has 114 valence electrons. The molecule has 0 unspecified atom stereocenters. The highest BCUT2D eigenvalue weighted by molar-refractivity contribution is 5.60. The van der Waals surface area contributed by atoms with E-state index in [1.54, 1.807) is 12.1 Å². The van der Waals surface area contributed by atoms with Crippen molar-refractivity contribution in [1.82, 2.24) is 0 Å². The lowest BCUT2D eigenvalue weighted by Gasteiger charge is -2.12. The third-order valence-corrected chi connectivity index (χ3v) is 3.08. The summed E-state index contributed by atoms with van der Waals surface area (Å²) in [6, 6.07) is 12.8. The van der Waals surface area contributed by atoms with E-state index in [0.29, 0.717) is 17.9 Å². The number of hydrogen-bond donors (Lipinski definition) is 0. The SMILES string of the molecule is C=NCc1ccc(OCc2ccccc2)c(OC)c1[N+](=O)[O-]. The molecule has 0 bridgehead atoms. The summed E-state index contributed by atoms with van der Waals surface area (Å²) >= 11 is 0. The maximum Gasteiger partial charge on any atom is 0.319 e. The van der Waals surface area contributed by atoms with Gasteiger partial charge in [-0.3, -0.25) is 15.1 Å². The first-order valence-electron chi connectivity index (χ1n) is 6.60. The monoisotopic (exact) mass is 300 g/mol. The zero-order chi connectivity index (χ0) is 15.9. The predicted octanol–water partition coefficient (Wildman–Crippen LogP) is 3.38. The Bertz CT molecular complexity index is 671. The maximum atomic E-state index is 11.3. The number of nitro groups is 1. The highest BCUT2D eigenvalue weighted by Gasteiger charge is 2.25. The molecule has 2 aromatic carbocycles. The molecule has 0 atom stereocenters. The van der Waals surface area contributed by atoms with Crippen LogP contribution in [0.5, 0.6) is 11.5 Å². The second kappa shape index (κ2) is 7.21. The molecule has 0 heterocycles. The second-order valence-corrected chi connectivity index (χ2v) is 4.52. The highest BCUT2D eigenvalue weighted by atomic mass is 16.6. The summed E-state index contributed by atoms with van der Waals surface area (Å²) in [5.41, 5.74) is 1.26. The smallest absolute Gasteiger partial charge is 0.319 e. The van der Waals surface area contributed by atoms with E-state index in [9.17, 15) is 10.1 Å². The van der Waals surface area contributed by atoms with Crippen LogP contribution in [0.25, 0.3) is 0 Å². The molecular formula is C16H16N2O4. The lowest BCUT2D eigenvalue weighted by Crippen LogP contribution is -2.03. The van der Waals surface area contributed by atoms with Gasteiger partial charge in [-0.05, 0) is 24.4 Å². The third kappa shape index (κ3) is 3.41. The van der Waals surface area contributed by atoms with Crippen LogP contribution in [0.1, 0.15) is 11.1 Å². The van der Waals surface area contributed by atoms with Crippen LogP contribution in [-0.2, 0) is 13.2 Å². The van der Waals surface area contributed by atoms with Crippen LogP contribution >= 0.6 is 0 Å². The van der Waals surface area contributed by atoms with E-state index in [1.807, 2.05) is 30.3 Å². The van der Waals surface area contributed by atoms with Gasteiger partial charge in [-0.15, -0.1) is 0 Å². The van der Waals surface area contributed by atoms with Crippen molar-refractivity contribution in [2.75, 3.05) is 7.11 Å². The summed E-state index contributed by atoms with van der Waals surface area (Å²) in [6.45, 7) is 3.81. The molecule has 2 aromatic rings. The summed E-state index contributed by atoms with van der Waals surface area (Å²) in [6.07, 6.45) is 0. The van der Waals surface area contributed by atoms with Crippen LogP contribution in [0.15, 0.2) is 47.5 Å². The summed E-state index contributed by atoms with van der Waals surface area (Å²) < 4.78 is 10.8. The highest BCUT2D eigenvalue weighted by Crippen LogP contribution is 2.40. The maximum absolute atomic E-state index is 11.3. The average molecular weight is 300 g/mol. The minimum atomic E-state index is -0.491. The molecule has 0 aliphatic carbocycles. The van der Waals surface area contributed by atoms with Gasteiger partial charge in [0.25, 0.3) is 0 Å². The number of nitro benzene ring substituents is 1. The van der Waals surface area contributed by atoms with Gasteiger partial charge in [-0.2, -0.15) is 0 Å². The van der Waals surface area contributed by atoms with Crippen molar-refractivity contribution in [1.29, 1.82) is 0 Å². The van der Waals surface area contributed by atoms with Crippen LogP contribution in [0.4, 0.5) is 5.69 Å². The van der Waals surface area contributed by atoms with Crippen molar-refractivity contribution in [3.05, 3.63) is 63.7 Å². The van der Waals surface area contributed by atoms with E-state index in [0.717, 1.165) is 5.56 Å².